The van der Waals surface area contributed by atoms with Gasteiger partial charge < -0.3 is 0 Å². The lowest BCUT2D eigenvalue weighted by Crippen LogP contribution is -2.60. The molecule has 2 atom stereocenters. The minimum absolute atomic E-state index is 0.497. The van der Waals surface area contributed by atoms with E-state index in [0.29, 0.717) is 10.8 Å². The van der Waals surface area contributed by atoms with Crippen molar-refractivity contribution in [2.24, 2.45) is 10.8 Å². The fraction of sp³-hybridized carbons (Fsp3) is 1.00. The first-order valence-corrected chi connectivity index (χ1v) is 8.39. The molecule has 0 N–H and O–H groups in total. The number of piperazine rings is 1. The summed E-state index contributed by atoms with van der Waals surface area (Å²) in [5.41, 5.74) is 0.995. The van der Waals surface area contributed by atoms with Gasteiger partial charge in [-0.25, -0.2) is 0 Å². The van der Waals surface area contributed by atoms with Gasteiger partial charge in [0.25, 0.3) is 0 Å². The van der Waals surface area contributed by atoms with Gasteiger partial charge in [0.15, 0.2) is 0 Å². The molecular formula is C17H32N2. The first-order valence-electron chi connectivity index (χ1n) is 8.39. The lowest BCUT2D eigenvalue weighted by molar-refractivity contribution is -0.00579. The Labute approximate surface area is 119 Å². The van der Waals surface area contributed by atoms with Gasteiger partial charge in [-0.2, -0.15) is 0 Å². The molecule has 3 fully saturated rings. The molecule has 2 heteroatoms. The third kappa shape index (κ3) is 1.98. The maximum Gasteiger partial charge on any atom is 0.0224 e. The van der Waals surface area contributed by atoms with Crippen LogP contribution in [-0.2, 0) is 0 Å². The fourth-order valence-electron chi connectivity index (χ4n) is 4.95. The van der Waals surface area contributed by atoms with Crippen LogP contribution in [0.5, 0.6) is 0 Å². The molecule has 0 aromatic heterocycles. The molecule has 0 aromatic carbocycles. The number of nitrogens with zero attached hydrogens (tertiary/aromatic N) is 2. The molecule has 2 saturated heterocycles. The van der Waals surface area contributed by atoms with Crippen molar-refractivity contribution in [1.29, 1.82) is 0 Å². The van der Waals surface area contributed by atoms with Crippen molar-refractivity contribution in [2.45, 2.75) is 78.4 Å². The zero-order valence-corrected chi connectivity index (χ0v) is 13.6. The van der Waals surface area contributed by atoms with Crippen molar-refractivity contribution in [3.63, 3.8) is 0 Å². The number of fused-ring (bicyclic) bond motifs is 1. The third-order valence-electron chi connectivity index (χ3n) is 6.83. The van der Waals surface area contributed by atoms with E-state index in [1.165, 1.54) is 45.3 Å². The highest BCUT2D eigenvalue weighted by molar-refractivity contribution is 5.20. The van der Waals surface area contributed by atoms with Crippen LogP contribution in [0.15, 0.2) is 0 Å². The van der Waals surface area contributed by atoms with Crippen LogP contribution >= 0.6 is 0 Å². The van der Waals surface area contributed by atoms with Crippen LogP contribution in [0.3, 0.4) is 0 Å². The maximum absolute atomic E-state index is 2.90. The van der Waals surface area contributed by atoms with E-state index >= 15 is 0 Å². The summed E-state index contributed by atoms with van der Waals surface area (Å²) in [7, 11) is 0. The highest BCUT2D eigenvalue weighted by atomic mass is 15.4. The Kier molecular flexibility index (Phi) is 3.26. The smallest absolute Gasteiger partial charge is 0.0224 e. The van der Waals surface area contributed by atoms with E-state index in [-0.39, 0.29) is 0 Å². The molecule has 1 aliphatic carbocycles. The molecule has 2 unspecified atom stereocenters. The summed E-state index contributed by atoms with van der Waals surface area (Å²) >= 11 is 0. The van der Waals surface area contributed by atoms with Crippen molar-refractivity contribution in [2.75, 3.05) is 19.6 Å². The number of hydrogen-bond acceptors (Lipinski definition) is 2. The Bertz CT molecular complexity index is 333. The number of rotatable bonds is 2. The Morgan fingerprint density at radius 3 is 2.26 bits per heavy atom. The summed E-state index contributed by atoms with van der Waals surface area (Å²) in [5.74, 6) is 0. The molecule has 19 heavy (non-hydrogen) atoms. The summed E-state index contributed by atoms with van der Waals surface area (Å²) in [6.07, 6.45) is 5.61. The van der Waals surface area contributed by atoms with Crippen LogP contribution in [0.4, 0.5) is 0 Å². The Morgan fingerprint density at radius 1 is 1.00 bits per heavy atom. The largest absolute Gasteiger partial charge is 0.298 e. The van der Waals surface area contributed by atoms with Gasteiger partial charge in [0, 0.05) is 31.2 Å². The molecule has 0 radical (unpaired) electrons. The van der Waals surface area contributed by atoms with Crippen molar-refractivity contribution in [1.82, 2.24) is 9.80 Å². The van der Waals surface area contributed by atoms with Crippen molar-refractivity contribution >= 4 is 0 Å². The molecule has 3 rings (SSSR count). The summed E-state index contributed by atoms with van der Waals surface area (Å²) in [6, 6.07) is 2.44. The van der Waals surface area contributed by atoms with Crippen LogP contribution in [-0.4, -0.2) is 47.6 Å². The predicted molar refractivity (Wildman–Crippen MR) is 81.3 cm³/mol. The first-order chi connectivity index (χ1) is 8.89. The van der Waals surface area contributed by atoms with Gasteiger partial charge in [0.05, 0.1) is 0 Å². The van der Waals surface area contributed by atoms with E-state index in [4.69, 9.17) is 0 Å². The van der Waals surface area contributed by atoms with Crippen LogP contribution in [0, 0.1) is 10.8 Å². The van der Waals surface area contributed by atoms with Gasteiger partial charge in [-0.3, -0.25) is 9.80 Å². The zero-order chi connectivity index (χ0) is 13.8. The Hall–Kier alpha value is -0.0800. The molecule has 1 saturated carbocycles. The van der Waals surface area contributed by atoms with Crippen LogP contribution in [0.1, 0.15) is 60.3 Å². The average molecular weight is 264 g/mol. The Morgan fingerprint density at radius 2 is 1.68 bits per heavy atom. The normalized spacial score (nSPS) is 39.0. The number of hydrogen-bond donors (Lipinski definition) is 0. The third-order valence-corrected chi connectivity index (χ3v) is 6.83. The van der Waals surface area contributed by atoms with Gasteiger partial charge in [0.1, 0.15) is 0 Å². The summed E-state index contributed by atoms with van der Waals surface area (Å²) < 4.78 is 0. The molecule has 0 amide bonds. The topological polar surface area (TPSA) is 6.48 Å². The molecular weight excluding hydrogens is 232 g/mol. The first kappa shape index (κ1) is 13.9. The van der Waals surface area contributed by atoms with E-state index in [0.717, 1.165) is 18.1 Å². The molecule has 2 aliphatic heterocycles. The monoisotopic (exact) mass is 264 g/mol. The second-order valence-electron chi connectivity index (χ2n) is 8.25. The molecule has 110 valence electrons. The molecule has 3 aliphatic rings. The van der Waals surface area contributed by atoms with E-state index in [9.17, 15) is 0 Å². The Balaban J connectivity index is 1.77. The summed E-state index contributed by atoms with van der Waals surface area (Å²) in [4.78, 5) is 5.68. The van der Waals surface area contributed by atoms with Crippen molar-refractivity contribution < 1.29 is 0 Å². The standard InChI is InChI=1S/C17H32N2/c1-6-13-11-18-10-8-7-9-14(18)12-19(13)15-16(2,3)17(15,4)5/h13-15H,6-12H2,1-5H3. The second-order valence-corrected chi connectivity index (χ2v) is 8.25. The van der Waals surface area contributed by atoms with Gasteiger partial charge in [-0.05, 0) is 36.6 Å². The van der Waals surface area contributed by atoms with Gasteiger partial charge in [-0.15, -0.1) is 0 Å². The molecule has 0 aromatic rings. The lowest BCUT2D eigenvalue weighted by Gasteiger charge is -2.49. The van der Waals surface area contributed by atoms with Crippen LogP contribution in [0.25, 0.3) is 0 Å². The van der Waals surface area contributed by atoms with Gasteiger partial charge in [-0.1, -0.05) is 41.0 Å². The fourth-order valence-corrected chi connectivity index (χ4v) is 4.95. The molecule has 0 bridgehead atoms. The van der Waals surface area contributed by atoms with E-state index in [1.807, 2.05) is 0 Å². The van der Waals surface area contributed by atoms with Gasteiger partial charge in [0.2, 0.25) is 0 Å². The molecule has 2 nitrogen and oxygen atoms in total. The zero-order valence-electron chi connectivity index (χ0n) is 13.6. The van der Waals surface area contributed by atoms with E-state index < -0.39 is 0 Å². The van der Waals surface area contributed by atoms with E-state index in [1.54, 1.807) is 0 Å². The van der Waals surface area contributed by atoms with Crippen molar-refractivity contribution in [3.8, 4) is 0 Å². The minimum atomic E-state index is 0.497. The summed E-state index contributed by atoms with van der Waals surface area (Å²) in [5, 5.41) is 0. The predicted octanol–water partition coefficient (Wildman–Crippen LogP) is 3.37. The molecule has 0 spiro atoms. The summed E-state index contributed by atoms with van der Waals surface area (Å²) in [6.45, 7) is 16.3. The SMILES string of the molecule is CCC1CN2CCCCC2CN1C1C(C)(C)C1(C)C. The van der Waals surface area contributed by atoms with Crippen LogP contribution < -0.4 is 0 Å². The van der Waals surface area contributed by atoms with Gasteiger partial charge >= 0.3 is 0 Å². The highest BCUT2D eigenvalue weighted by Crippen LogP contribution is 2.66. The lowest BCUT2D eigenvalue weighted by atomic mass is 9.95. The highest BCUT2D eigenvalue weighted by Gasteiger charge is 2.68. The number of piperidine rings is 1. The second kappa shape index (κ2) is 4.46. The maximum atomic E-state index is 2.90. The van der Waals surface area contributed by atoms with Crippen molar-refractivity contribution in [3.05, 3.63) is 0 Å². The minimum Gasteiger partial charge on any atom is -0.298 e. The quantitative estimate of drug-likeness (QED) is 0.754. The van der Waals surface area contributed by atoms with Crippen LogP contribution in [0.2, 0.25) is 0 Å². The molecule has 2 heterocycles. The van der Waals surface area contributed by atoms with E-state index in [2.05, 4.69) is 44.4 Å². The average Bonchev–Trinajstić information content (AvgIpc) is 2.78.